The Hall–Kier alpha value is -0.0800. The highest BCUT2D eigenvalue weighted by atomic mass is 16.5. The van der Waals surface area contributed by atoms with Crippen LogP contribution in [0, 0.1) is 11.8 Å². The van der Waals surface area contributed by atoms with Gasteiger partial charge in [-0.15, -0.1) is 0 Å². The zero-order valence-corrected chi connectivity index (χ0v) is 11.2. The molecule has 1 rings (SSSR count). The molecule has 2 atom stereocenters. The van der Waals surface area contributed by atoms with Gasteiger partial charge in [-0.25, -0.2) is 0 Å². The number of aliphatic hydroxyl groups is 1. The zero-order valence-electron chi connectivity index (χ0n) is 11.2. The Kier molecular flexibility index (Phi) is 5.77. The summed E-state index contributed by atoms with van der Waals surface area (Å²) in [5, 5.41) is 10.5. The van der Waals surface area contributed by atoms with Crippen molar-refractivity contribution in [1.82, 2.24) is 0 Å². The fourth-order valence-corrected chi connectivity index (χ4v) is 3.10. The highest BCUT2D eigenvalue weighted by Crippen LogP contribution is 2.38. The molecule has 1 fully saturated rings. The number of hydrogen-bond donors (Lipinski definition) is 1. The second-order valence-electron chi connectivity index (χ2n) is 5.91. The average Bonchev–Trinajstić information content (AvgIpc) is 2.16. The molecule has 0 amide bonds. The van der Waals surface area contributed by atoms with E-state index in [0.29, 0.717) is 0 Å². The van der Waals surface area contributed by atoms with Gasteiger partial charge in [0.15, 0.2) is 0 Å². The van der Waals surface area contributed by atoms with Crippen LogP contribution in [0.25, 0.3) is 0 Å². The van der Waals surface area contributed by atoms with Gasteiger partial charge >= 0.3 is 0 Å². The first-order valence-electron chi connectivity index (χ1n) is 6.77. The van der Waals surface area contributed by atoms with Crippen LogP contribution in [0.1, 0.15) is 58.8 Å². The fraction of sp³-hybridized carbons (Fsp3) is 1.00. The topological polar surface area (TPSA) is 29.5 Å². The molecule has 2 heteroatoms. The molecule has 0 aromatic rings. The Balaban J connectivity index is 2.35. The maximum absolute atomic E-state index is 10.5. The summed E-state index contributed by atoms with van der Waals surface area (Å²) in [6.07, 6.45) is 7.68. The Bertz CT molecular complexity index is 191. The molecule has 0 bridgehead atoms. The molecule has 1 saturated carbocycles. The first kappa shape index (κ1) is 14.0. The standard InChI is InChI=1S/C14H28O2/c1-12(2)10-13-6-4-7-14(15,11-13)8-5-9-16-3/h12-13,15H,4-11H2,1-3H3. The van der Waals surface area contributed by atoms with Crippen molar-refractivity contribution in [2.75, 3.05) is 13.7 Å². The average molecular weight is 228 g/mol. The number of ether oxygens (including phenoxy) is 1. The van der Waals surface area contributed by atoms with Crippen LogP contribution in [-0.2, 0) is 4.74 Å². The Morgan fingerprint density at radius 1 is 1.44 bits per heavy atom. The first-order chi connectivity index (χ1) is 7.56. The van der Waals surface area contributed by atoms with Crippen molar-refractivity contribution in [2.45, 2.75) is 64.4 Å². The minimum Gasteiger partial charge on any atom is -0.390 e. The summed E-state index contributed by atoms with van der Waals surface area (Å²) in [7, 11) is 1.73. The SMILES string of the molecule is COCCCC1(O)CCCC(CC(C)C)C1. The summed E-state index contributed by atoms with van der Waals surface area (Å²) < 4.78 is 5.06. The van der Waals surface area contributed by atoms with Crippen LogP contribution in [-0.4, -0.2) is 24.4 Å². The van der Waals surface area contributed by atoms with Gasteiger partial charge in [0.1, 0.15) is 0 Å². The molecule has 0 aliphatic heterocycles. The van der Waals surface area contributed by atoms with Crippen LogP contribution in [0.4, 0.5) is 0 Å². The molecule has 0 radical (unpaired) electrons. The molecule has 1 N–H and O–H groups in total. The maximum Gasteiger partial charge on any atom is 0.0651 e. The third-order valence-electron chi connectivity index (χ3n) is 3.72. The lowest BCUT2D eigenvalue weighted by Crippen LogP contribution is -2.35. The van der Waals surface area contributed by atoms with E-state index in [4.69, 9.17) is 4.74 Å². The normalized spacial score (nSPS) is 30.9. The lowest BCUT2D eigenvalue weighted by Gasteiger charge is -2.37. The van der Waals surface area contributed by atoms with Gasteiger partial charge in [0.25, 0.3) is 0 Å². The van der Waals surface area contributed by atoms with Crippen LogP contribution in [0.3, 0.4) is 0 Å². The molecule has 0 saturated heterocycles. The third kappa shape index (κ3) is 4.84. The van der Waals surface area contributed by atoms with Crippen molar-refractivity contribution in [1.29, 1.82) is 0 Å². The summed E-state index contributed by atoms with van der Waals surface area (Å²) in [6.45, 7) is 5.33. The summed E-state index contributed by atoms with van der Waals surface area (Å²) in [5.74, 6) is 1.49. The molecule has 2 nitrogen and oxygen atoms in total. The largest absolute Gasteiger partial charge is 0.390 e. The van der Waals surface area contributed by atoms with Crippen LogP contribution >= 0.6 is 0 Å². The molecule has 1 aliphatic rings. The van der Waals surface area contributed by atoms with Crippen LogP contribution in [0.15, 0.2) is 0 Å². The molecule has 0 aromatic heterocycles. The van der Waals surface area contributed by atoms with E-state index in [1.54, 1.807) is 7.11 Å². The quantitative estimate of drug-likeness (QED) is 0.706. The molecule has 1 aliphatic carbocycles. The molecule has 96 valence electrons. The van der Waals surface area contributed by atoms with Crippen molar-refractivity contribution in [3.63, 3.8) is 0 Å². The van der Waals surface area contributed by atoms with E-state index in [1.807, 2.05) is 0 Å². The van der Waals surface area contributed by atoms with Gasteiger partial charge in [0, 0.05) is 13.7 Å². The number of rotatable bonds is 6. The molecule has 0 heterocycles. The van der Waals surface area contributed by atoms with E-state index in [2.05, 4.69) is 13.8 Å². The second kappa shape index (κ2) is 6.61. The smallest absolute Gasteiger partial charge is 0.0651 e. The molecular weight excluding hydrogens is 200 g/mol. The van der Waals surface area contributed by atoms with Gasteiger partial charge in [0.05, 0.1) is 5.60 Å². The van der Waals surface area contributed by atoms with E-state index in [-0.39, 0.29) is 0 Å². The van der Waals surface area contributed by atoms with Gasteiger partial charge in [-0.2, -0.15) is 0 Å². The first-order valence-corrected chi connectivity index (χ1v) is 6.77. The van der Waals surface area contributed by atoms with Gasteiger partial charge in [-0.3, -0.25) is 0 Å². The Labute approximate surface area is 100 Å². The summed E-state index contributed by atoms with van der Waals surface area (Å²) >= 11 is 0. The van der Waals surface area contributed by atoms with Crippen molar-refractivity contribution >= 4 is 0 Å². The van der Waals surface area contributed by atoms with E-state index in [9.17, 15) is 5.11 Å². The second-order valence-corrected chi connectivity index (χ2v) is 5.91. The predicted octanol–water partition coefficient (Wildman–Crippen LogP) is 3.38. The van der Waals surface area contributed by atoms with Gasteiger partial charge in [0.2, 0.25) is 0 Å². The Morgan fingerprint density at radius 2 is 2.19 bits per heavy atom. The summed E-state index contributed by atoms with van der Waals surface area (Å²) in [4.78, 5) is 0. The minimum absolute atomic E-state index is 0.393. The van der Waals surface area contributed by atoms with Crippen LogP contribution in [0.2, 0.25) is 0 Å². The van der Waals surface area contributed by atoms with E-state index in [0.717, 1.165) is 44.1 Å². The predicted molar refractivity (Wildman–Crippen MR) is 67.5 cm³/mol. The van der Waals surface area contributed by atoms with Crippen molar-refractivity contribution in [3.8, 4) is 0 Å². The van der Waals surface area contributed by atoms with Gasteiger partial charge < -0.3 is 9.84 Å². The van der Waals surface area contributed by atoms with Crippen molar-refractivity contribution in [3.05, 3.63) is 0 Å². The molecule has 2 unspecified atom stereocenters. The highest BCUT2D eigenvalue weighted by Gasteiger charge is 2.33. The molecule has 0 spiro atoms. The van der Waals surface area contributed by atoms with E-state index >= 15 is 0 Å². The van der Waals surface area contributed by atoms with Crippen LogP contribution in [0.5, 0.6) is 0 Å². The van der Waals surface area contributed by atoms with E-state index in [1.165, 1.54) is 19.3 Å². The lowest BCUT2D eigenvalue weighted by atomic mass is 9.73. The summed E-state index contributed by atoms with van der Waals surface area (Å²) in [6, 6.07) is 0. The van der Waals surface area contributed by atoms with Crippen LogP contribution < -0.4 is 0 Å². The Morgan fingerprint density at radius 3 is 2.81 bits per heavy atom. The third-order valence-corrected chi connectivity index (χ3v) is 3.72. The monoisotopic (exact) mass is 228 g/mol. The molecule has 0 aromatic carbocycles. The molecule has 16 heavy (non-hydrogen) atoms. The van der Waals surface area contributed by atoms with Crippen molar-refractivity contribution in [2.24, 2.45) is 11.8 Å². The van der Waals surface area contributed by atoms with Gasteiger partial charge in [-0.1, -0.05) is 26.7 Å². The number of hydrogen-bond acceptors (Lipinski definition) is 2. The minimum atomic E-state index is -0.393. The van der Waals surface area contributed by atoms with E-state index < -0.39 is 5.60 Å². The fourth-order valence-electron chi connectivity index (χ4n) is 3.10. The maximum atomic E-state index is 10.5. The van der Waals surface area contributed by atoms with Gasteiger partial charge in [-0.05, 0) is 43.9 Å². The molecular formula is C14H28O2. The number of methoxy groups -OCH3 is 1. The highest BCUT2D eigenvalue weighted by molar-refractivity contribution is 4.86. The zero-order chi connectivity index (χ0) is 12.0. The lowest BCUT2D eigenvalue weighted by molar-refractivity contribution is -0.0314. The summed E-state index contributed by atoms with van der Waals surface area (Å²) in [5.41, 5.74) is -0.393. The van der Waals surface area contributed by atoms with Crippen molar-refractivity contribution < 1.29 is 9.84 Å².